The van der Waals surface area contributed by atoms with Gasteiger partial charge in [0.05, 0.1) is 43.5 Å². The predicted octanol–water partition coefficient (Wildman–Crippen LogP) is 4.77. The maximum atomic E-state index is 13.3. The number of anilines is 1. The summed E-state index contributed by atoms with van der Waals surface area (Å²) in [6.45, 7) is 0. The fourth-order valence-corrected chi connectivity index (χ4v) is 4.27. The number of benzene rings is 3. The van der Waals surface area contributed by atoms with E-state index >= 15 is 0 Å². The first kappa shape index (κ1) is 24.8. The molecule has 1 N–H and O–H groups in total. The van der Waals surface area contributed by atoms with Crippen molar-refractivity contribution in [3.05, 3.63) is 94.0 Å². The number of Topliss-reactive ketones (excluding diaryl/α,β-unsaturated/α-hetero) is 1. The third-order valence-electron chi connectivity index (χ3n) is 5.85. The van der Waals surface area contributed by atoms with Crippen molar-refractivity contribution < 1.29 is 33.7 Å². The molecule has 0 saturated carbocycles. The van der Waals surface area contributed by atoms with Crippen molar-refractivity contribution >= 4 is 40.7 Å². The van der Waals surface area contributed by atoms with Crippen LogP contribution in [-0.2, 0) is 14.3 Å². The SMILES string of the molecule is COC(=O)c1ccc(N2C(=O)C(=O)/C(=C(/O)c3cc(OC)ccc3Cl)C2c2cccc(OC)c2)cc1. The molecule has 1 heterocycles. The number of amides is 1. The number of halogens is 1. The largest absolute Gasteiger partial charge is 0.507 e. The van der Waals surface area contributed by atoms with Crippen LogP contribution < -0.4 is 14.4 Å². The molecule has 184 valence electrons. The molecular formula is C27H22ClNO7. The Hall–Kier alpha value is -4.30. The number of hydrogen-bond acceptors (Lipinski definition) is 7. The summed E-state index contributed by atoms with van der Waals surface area (Å²) in [6, 6.07) is 16.5. The van der Waals surface area contributed by atoms with Crippen LogP contribution in [0.25, 0.3) is 5.76 Å². The second kappa shape index (κ2) is 10.1. The third kappa shape index (κ3) is 4.38. The topological polar surface area (TPSA) is 102 Å². The number of hydrogen-bond donors (Lipinski definition) is 1. The molecular weight excluding hydrogens is 486 g/mol. The van der Waals surface area contributed by atoms with Gasteiger partial charge < -0.3 is 19.3 Å². The Balaban J connectivity index is 1.94. The fraction of sp³-hybridized carbons (Fsp3) is 0.148. The molecule has 0 bridgehead atoms. The van der Waals surface area contributed by atoms with Crippen LogP contribution in [0.4, 0.5) is 5.69 Å². The Morgan fingerprint density at radius 3 is 2.22 bits per heavy atom. The molecule has 1 amide bonds. The zero-order valence-corrected chi connectivity index (χ0v) is 20.4. The number of esters is 1. The second-order valence-electron chi connectivity index (χ2n) is 7.83. The van der Waals surface area contributed by atoms with Gasteiger partial charge in [-0.05, 0) is 60.2 Å². The average Bonchev–Trinajstić information content (AvgIpc) is 3.18. The quantitative estimate of drug-likeness (QED) is 0.222. The summed E-state index contributed by atoms with van der Waals surface area (Å²) in [4.78, 5) is 39.8. The Morgan fingerprint density at radius 1 is 0.917 bits per heavy atom. The normalized spacial score (nSPS) is 16.7. The lowest BCUT2D eigenvalue weighted by atomic mass is 9.94. The molecule has 0 aromatic heterocycles. The zero-order chi connectivity index (χ0) is 26.0. The van der Waals surface area contributed by atoms with E-state index in [0.717, 1.165) is 0 Å². The highest BCUT2D eigenvalue weighted by molar-refractivity contribution is 6.52. The number of methoxy groups -OCH3 is 3. The number of ether oxygens (including phenoxy) is 3. The lowest BCUT2D eigenvalue weighted by Gasteiger charge is -2.26. The van der Waals surface area contributed by atoms with Gasteiger partial charge in [-0.25, -0.2) is 4.79 Å². The summed E-state index contributed by atoms with van der Waals surface area (Å²) in [5, 5.41) is 11.5. The van der Waals surface area contributed by atoms with Gasteiger partial charge in [-0.2, -0.15) is 0 Å². The molecule has 1 saturated heterocycles. The summed E-state index contributed by atoms with van der Waals surface area (Å²) in [5.74, 6) is -1.82. The summed E-state index contributed by atoms with van der Waals surface area (Å²) >= 11 is 6.34. The first-order valence-corrected chi connectivity index (χ1v) is 11.2. The van der Waals surface area contributed by atoms with Crippen LogP contribution >= 0.6 is 11.6 Å². The van der Waals surface area contributed by atoms with Crippen LogP contribution in [0.2, 0.25) is 5.02 Å². The maximum absolute atomic E-state index is 13.3. The maximum Gasteiger partial charge on any atom is 0.337 e. The van der Waals surface area contributed by atoms with Gasteiger partial charge in [0.25, 0.3) is 11.7 Å². The van der Waals surface area contributed by atoms with Crippen molar-refractivity contribution in [2.75, 3.05) is 26.2 Å². The van der Waals surface area contributed by atoms with Gasteiger partial charge in [0.15, 0.2) is 0 Å². The summed E-state index contributed by atoms with van der Waals surface area (Å²) in [6.07, 6.45) is 0. The summed E-state index contributed by atoms with van der Waals surface area (Å²) in [5.41, 5.74) is 1.13. The molecule has 1 fully saturated rings. The van der Waals surface area contributed by atoms with Gasteiger partial charge in [0.1, 0.15) is 17.3 Å². The van der Waals surface area contributed by atoms with E-state index in [4.69, 9.17) is 25.8 Å². The van der Waals surface area contributed by atoms with Crippen molar-refractivity contribution in [2.45, 2.75) is 6.04 Å². The fourth-order valence-electron chi connectivity index (χ4n) is 4.06. The molecule has 0 radical (unpaired) electrons. The molecule has 4 rings (SSSR count). The van der Waals surface area contributed by atoms with Gasteiger partial charge in [-0.15, -0.1) is 0 Å². The highest BCUT2D eigenvalue weighted by Crippen LogP contribution is 2.44. The van der Waals surface area contributed by atoms with Crippen LogP contribution in [0, 0.1) is 0 Å². The van der Waals surface area contributed by atoms with Crippen molar-refractivity contribution in [2.24, 2.45) is 0 Å². The van der Waals surface area contributed by atoms with Crippen LogP contribution in [-0.4, -0.2) is 44.1 Å². The number of aliphatic hydroxyl groups excluding tert-OH is 1. The molecule has 0 aliphatic carbocycles. The Morgan fingerprint density at radius 2 is 1.58 bits per heavy atom. The minimum atomic E-state index is -1.01. The number of ketones is 1. The predicted molar refractivity (Wildman–Crippen MR) is 134 cm³/mol. The smallest absolute Gasteiger partial charge is 0.337 e. The minimum Gasteiger partial charge on any atom is -0.507 e. The molecule has 1 atom stereocenters. The third-order valence-corrected chi connectivity index (χ3v) is 6.18. The van der Waals surface area contributed by atoms with E-state index in [1.807, 2.05) is 0 Å². The van der Waals surface area contributed by atoms with Crippen LogP contribution in [0.3, 0.4) is 0 Å². The lowest BCUT2D eigenvalue weighted by Crippen LogP contribution is -2.29. The van der Waals surface area contributed by atoms with Crippen molar-refractivity contribution in [1.29, 1.82) is 0 Å². The molecule has 3 aromatic carbocycles. The molecule has 1 aliphatic rings. The highest BCUT2D eigenvalue weighted by atomic mass is 35.5. The molecule has 0 spiro atoms. The molecule has 1 aliphatic heterocycles. The number of carbonyl (C=O) groups is 3. The van der Waals surface area contributed by atoms with Crippen molar-refractivity contribution in [3.63, 3.8) is 0 Å². The molecule has 36 heavy (non-hydrogen) atoms. The minimum absolute atomic E-state index is 0.142. The molecule has 9 heteroatoms. The van der Waals surface area contributed by atoms with E-state index in [1.165, 1.54) is 62.6 Å². The Bertz CT molecular complexity index is 1380. The first-order chi connectivity index (χ1) is 17.3. The average molecular weight is 508 g/mol. The van der Waals surface area contributed by atoms with E-state index in [0.29, 0.717) is 22.7 Å². The van der Waals surface area contributed by atoms with E-state index in [1.54, 1.807) is 30.3 Å². The lowest BCUT2D eigenvalue weighted by molar-refractivity contribution is -0.132. The molecule has 3 aromatic rings. The van der Waals surface area contributed by atoms with Gasteiger partial charge in [0.2, 0.25) is 0 Å². The van der Waals surface area contributed by atoms with Crippen LogP contribution in [0.1, 0.15) is 27.5 Å². The standard InChI is InChI=1S/C27H22ClNO7/c1-34-18-6-4-5-16(13-18)23-22(24(30)20-14-19(35-2)11-12-21(20)28)25(31)26(32)29(23)17-9-7-15(8-10-17)27(33)36-3/h4-14,23,30H,1-3H3/b24-22+. The number of rotatable bonds is 6. The summed E-state index contributed by atoms with van der Waals surface area (Å²) < 4.78 is 15.3. The number of carbonyl (C=O) groups excluding carboxylic acids is 3. The van der Waals surface area contributed by atoms with Crippen molar-refractivity contribution in [3.8, 4) is 11.5 Å². The second-order valence-corrected chi connectivity index (χ2v) is 8.24. The molecule has 8 nitrogen and oxygen atoms in total. The van der Waals surface area contributed by atoms with E-state index < -0.39 is 29.5 Å². The number of aliphatic hydroxyl groups is 1. The Kier molecular flexibility index (Phi) is 6.98. The number of nitrogens with zero attached hydrogens (tertiary/aromatic N) is 1. The first-order valence-electron chi connectivity index (χ1n) is 10.8. The molecule has 1 unspecified atom stereocenters. The van der Waals surface area contributed by atoms with Crippen LogP contribution in [0.5, 0.6) is 11.5 Å². The van der Waals surface area contributed by atoms with E-state index in [-0.39, 0.29) is 21.7 Å². The van der Waals surface area contributed by atoms with Crippen LogP contribution in [0.15, 0.2) is 72.3 Å². The van der Waals surface area contributed by atoms with E-state index in [2.05, 4.69) is 0 Å². The monoisotopic (exact) mass is 507 g/mol. The van der Waals surface area contributed by atoms with E-state index in [9.17, 15) is 19.5 Å². The van der Waals surface area contributed by atoms with Gasteiger partial charge >= 0.3 is 5.97 Å². The zero-order valence-electron chi connectivity index (χ0n) is 19.7. The van der Waals surface area contributed by atoms with Gasteiger partial charge in [-0.1, -0.05) is 23.7 Å². The summed E-state index contributed by atoms with van der Waals surface area (Å²) in [7, 11) is 4.22. The Labute approximate surface area is 212 Å². The van der Waals surface area contributed by atoms with Gasteiger partial charge in [0, 0.05) is 11.3 Å². The highest BCUT2D eigenvalue weighted by Gasteiger charge is 2.47. The van der Waals surface area contributed by atoms with Gasteiger partial charge in [-0.3, -0.25) is 14.5 Å². The van der Waals surface area contributed by atoms with Crippen molar-refractivity contribution in [1.82, 2.24) is 0 Å².